The molecule has 0 bridgehead atoms. The van der Waals surface area contributed by atoms with E-state index >= 15 is 0 Å². The predicted molar refractivity (Wildman–Crippen MR) is 77.7 cm³/mol. The quantitative estimate of drug-likeness (QED) is 0.545. The van der Waals surface area contributed by atoms with Crippen molar-refractivity contribution in [2.75, 3.05) is 0 Å². The van der Waals surface area contributed by atoms with E-state index in [2.05, 4.69) is 27.4 Å². The van der Waals surface area contributed by atoms with Crippen molar-refractivity contribution < 1.29 is 9.53 Å². The number of hydrogen-bond donors (Lipinski definition) is 0. The fourth-order valence-electron chi connectivity index (χ4n) is 3.43. The van der Waals surface area contributed by atoms with Crippen LogP contribution >= 0.6 is 0 Å². The molecule has 0 radical (unpaired) electrons. The van der Waals surface area contributed by atoms with Crippen LogP contribution in [0.15, 0.2) is 12.7 Å². The minimum atomic E-state index is -0.204. The van der Waals surface area contributed by atoms with Crippen molar-refractivity contribution in [1.82, 2.24) is 0 Å². The minimum absolute atomic E-state index is 0.0390. The van der Waals surface area contributed by atoms with Gasteiger partial charge in [0.2, 0.25) is 0 Å². The fourth-order valence-corrected chi connectivity index (χ4v) is 3.43. The first kappa shape index (κ1) is 14.6. The molecule has 0 spiro atoms. The van der Waals surface area contributed by atoms with Crippen molar-refractivity contribution in [3.05, 3.63) is 12.7 Å². The Balaban J connectivity index is 1.99. The van der Waals surface area contributed by atoms with Crippen molar-refractivity contribution in [2.45, 2.75) is 65.4 Å². The molecule has 0 aromatic heterocycles. The minimum Gasteiger partial charge on any atom is -0.462 e. The molecule has 2 aliphatic carbocycles. The molecule has 2 heteroatoms. The first-order valence-corrected chi connectivity index (χ1v) is 7.80. The van der Waals surface area contributed by atoms with Crippen LogP contribution < -0.4 is 0 Å². The lowest BCUT2D eigenvalue weighted by Crippen LogP contribution is -2.37. The molecule has 3 unspecified atom stereocenters. The van der Waals surface area contributed by atoms with Gasteiger partial charge in [-0.05, 0) is 49.9 Å². The van der Waals surface area contributed by atoms with Crippen molar-refractivity contribution in [1.29, 1.82) is 0 Å². The maximum Gasteiger partial charge on any atom is 0.312 e. The highest BCUT2D eigenvalue weighted by Gasteiger charge is 2.51. The van der Waals surface area contributed by atoms with Crippen LogP contribution in [0, 0.1) is 23.2 Å². The topological polar surface area (TPSA) is 26.3 Å². The molecule has 0 N–H and O–H groups in total. The number of esters is 1. The molecule has 108 valence electrons. The summed E-state index contributed by atoms with van der Waals surface area (Å²) in [7, 11) is 0. The van der Waals surface area contributed by atoms with Gasteiger partial charge in [-0.3, -0.25) is 4.79 Å². The van der Waals surface area contributed by atoms with E-state index in [-0.39, 0.29) is 17.5 Å². The van der Waals surface area contributed by atoms with E-state index in [0.717, 1.165) is 25.7 Å². The Morgan fingerprint density at radius 2 is 2.11 bits per heavy atom. The monoisotopic (exact) mass is 264 g/mol. The lowest BCUT2D eigenvalue weighted by Gasteiger charge is -2.37. The van der Waals surface area contributed by atoms with Crippen LogP contribution in [0.3, 0.4) is 0 Å². The number of hydrogen-bond acceptors (Lipinski definition) is 2. The Morgan fingerprint density at radius 1 is 1.42 bits per heavy atom. The maximum absolute atomic E-state index is 12.4. The summed E-state index contributed by atoms with van der Waals surface area (Å²) in [6, 6.07) is 0. The molecular weight excluding hydrogens is 236 g/mol. The third-order valence-electron chi connectivity index (χ3n) is 5.04. The Morgan fingerprint density at radius 3 is 2.63 bits per heavy atom. The molecule has 0 saturated heterocycles. The summed E-state index contributed by atoms with van der Waals surface area (Å²) in [4.78, 5) is 12.4. The average Bonchev–Trinajstić information content (AvgIpc) is 3.10. The Hall–Kier alpha value is -0.790. The van der Waals surface area contributed by atoms with Gasteiger partial charge in [0, 0.05) is 0 Å². The Labute approximate surface area is 117 Å². The highest BCUT2D eigenvalue weighted by molar-refractivity contribution is 5.80. The SMILES string of the molecule is C=CCC1(C(=O)OC2CC(C)CCC2C(C)C)CC1. The summed E-state index contributed by atoms with van der Waals surface area (Å²) >= 11 is 0. The van der Waals surface area contributed by atoms with Gasteiger partial charge in [-0.15, -0.1) is 6.58 Å². The first-order chi connectivity index (χ1) is 8.98. The van der Waals surface area contributed by atoms with Crippen LogP contribution in [-0.2, 0) is 9.53 Å². The molecule has 0 aromatic carbocycles. The highest BCUT2D eigenvalue weighted by Crippen LogP contribution is 2.51. The molecule has 2 aliphatic rings. The normalized spacial score (nSPS) is 32.9. The van der Waals surface area contributed by atoms with Crippen molar-refractivity contribution in [2.24, 2.45) is 23.2 Å². The van der Waals surface area contributed by atoms with Gasteiger partial charge in [0.25, 0.3) is 0 Å². The standard InChI is InChI=1S/C17H28O2/c1-5-8-17(9-10-17)16(18)19-15-11-13(4)6-7-14(15)12(2)3/h5,12-15H,1,6-11H2,2-4H3. The van der Waals surface area contributed by atoms with E-state index < -0.39 is 0 Å². The molecule has 0 amide bonds. The van der Waals surface area contributed by atoms with Gasteiger partial charge in [0.05, 0.1) is 5.41 Å². The van der Waals surface area contributed by atoms with Crippen molar-refractivity contribution in [3.8, 4) is 0 Å². The number of carbonyl (C=O) groups excluding carboxylic acids is 1. The largest absolute Gasteiger partial charge is 0.462 e. The van der Waals surface area contributed by atoms with E-state index in [1.807, 2.05) is 6.08 Å². The number of allylic oxidation sites excluding steroid dienone is 1. The fraction of sp³-hybridized carbons (Fsp3) is 0.824. The Kier molecular flexibility index (Phi) is 4.37. The van der Waals surface area contributed by atoms with Crippen LogP contribution in [0.5, 0.6) is 0 Å². The predicted octanol–water partition coefficient (Wildman–Crippen LogP) is 4.35. The first-order valence-electron chi connectivity index (χ1n) is 7.80. The second kappa shape index (κ2) is 5.68. The molecule has 2 fully saturated rings. The van der Waals surface area contributed by atoms with Crippen molar-refractivity contribution >= 4 is 5.97 Å². The summed E-state index contributed by atoms with van der Waals surface area (Å²) in [6.07, 6.45) is 8.24. The molecular formula is C17H28O2. The summed E-state index contributed by atoms with van der Waals surface area (Å²) in [5.41, 5.74) is -0.204. The zero-order valence-electron chi connectivity index (χ0n) is 12.7. The molecule has 2 rings (SSSR count). The zero-order chi connectivity index (χ0) is 14.0. The number of rotatable bonds is 5. The van der Waals surface area contributed by atoms with Crippen LogP contribution in [0.25, 0.3) is 0 Å². The van der Waals surface area contributed by atoms with E-state index in [0.29, 0.717) is 17.8 Å². The molecule has 2 nitrogen and oxygen atoms in total. The average molecular weight is 264 g/mol. The van der Waals surface area contributed by atoms with Gasteiger partial charge in [-0.2, -0.15) is 0 Å². The van der Waals surface area contributed by atoms with Crippen LogP contribution in [0.1, 0.15) is 59.3 Å². The van der Waals surface area contributed by atoms with Gasteiger partial charge in [-0.25, -0.2) is 0 Å². The smallest absolute Gasteiger partial charge is 0.312 e. The van der Waals surface area contributed by atoms with E-state index in [1.54, 1.807) is 0 Å². The van der Waals surface area contributed by atoms with Gasteiger partial charge in [0.15, 0.2) is 0 Å². The molecule has 19 heavy (non-hydrogen) atoms. The third-order valence-corrected chi connectivity index (χ3v) is 5.04. The van der Waals surface area contributed by atoms with Crippen LogP contribution in [0.2, 0.25) is 0 Å². The Bertz CT molecular complexity index is 341. The van der Waals surface area contributed by atoms with E-state index in [4.69, 9.17) is 4.74 Å². The molecule has 0 heterocycles. The van der Waals surface area contributed by atoms with Crippen molar-refractivity contribution in [3.63, 3.8) is 0 Å². The van der Waals surface area contributed by atoms with Gasteiger partial charge in [0.1, 0.15) is 6.10 Å². The maximum atomic E-state index is 12.4. The second-order valence-corrected chi connectivity index (χ2v) is 7.04. The molecule has 0 aliphatic heterocycles. The van der Waals surface area contributed by atoms with Crippen LogP contribution in [0.4, 0.5) is 0 Å². The second-order valence-electron chi connectivity index (χ2n) is 7.04. The van der Waals surface area contributed by atoms with Gasteiger partial charge in [-0.1, -0.05) is 33.3 Å². The number of ether oxygens (including phenoxy) is 1. The van der Waals surface area contributed by atoms with Gasteiger partial charge < -0.3 is 4.74 Å². The number of carbonyl (C=O) groups is 1. The van der Waals surface area contributed by atoms with Crippen LogP contribution in [-0.4, -0.2) is 12.1 Å². The molecule has 3 atom stereocenters. The lowest BCUT2D eigenvalue weighted by atomic mass is 9.75. The third kappa shape index (κ3) is 3.21. The summed E-state index contributed by atoms with van der Waals surface area (Å²) in [5.74, 6) is 1.86. The van der Waals surface area contributed by atoms with E-state index in [9.17, 15) is 4.79 Å². The molecule has 0 aromatic rings. The molecule has 2 saturated carbocycles. The van der Waals surface area contributed by atoms with Gasteiger partial charge >= 0.3 is 5.97 Å². The highest BCUT2D eigenvalue weighted by atomic mass is 16.5. The summed E-state index contributed by atoms with van der Waals surface area (Å²) in [5, 5.41) is 0. The zero-order valence-corrected chi connectivity index (χ0v) is 12.7. The summed E-state index contributed by atoms with van der Waals surface area (Å²) < 4.78 is 5.93. The lowest BCUT2D eigenvalue weighted by molar-refractivity contribution is -0.162. The summed E-state index contributed by atoms with van der Waals surface area (Å²) in [6.45, 7) is 10.5. The van der Waals surface area contributed by atoms with E-state index in [1.165, 1.54) is 12.8 Å².